The molecule has 3 rings (SSSR count). The van der Waals surface area contributed by atoms with Gasteiger partial charge in [0.15, 0.2) is 5.17 Å². The Labute approximate surface area is 123 Å². The third-order valence-electron chi connectivity index (χ3n) is 3.63. The number of hydrogen-bond acceptors (Lipinski definition) is 3. The summed E-state index contributed by atoms with van der Waals surface area (Å²) in [4.78, 5) is 9.21. The number of amidine groups is 1. The zero-order chi connectivity index (χ0) is 13.8. The Morgan fingerprint density at radius 2 is 2.25 bits per heavy atom. The molecule has 1 aliphatic heterocycles. The fourth-order valence-corrected chi connectivity index (χ4v) is 3.44. The molecule has 0 spiro atoms. The lowest BCUT2D eigenvalue weighted by Gasteiger charge is -2.24. The molecule has 0 saturated carbocycles. The van der Waals surface area contributed by atoms with Crippen molar-refractivity contribution < 1.29 is 0 Å². The molecule has 1 saturated heterocycles. The van der Waals surface area contributed by atoms with Gasteiger partial charge in [-0.3, -0.25) is 9.98 Å². The van der Waals surface area contributed by atoms with Crippen molar-refractivity contribution in [1.82, 2.24) is 10.3 Å². The first-order valence-electron chi connectivity index (χ1n) is 7.13. The molecule has 104 valence electrons. The first-order chi connectivity index (χ1) is 9.86. The minimum absolute atomic E-state index is 0.584. The first kappa shape index (κ1) is 13.4. The number of aromatic nitrogens is 1. The van der Waals surface area contributed by atoms with Gasteiger partial charge in [-0.2, -0.15) is 0 Å². The first-order valence-corrected chi connectivity index (χ1v) is 8.12. The fraction of sp³-hybridized carbons (Fsp3) is 0.375. The monoisotopic (exact) mass is 285 g/mol. The SMILES string of the molecule is CCC1CCSC(=NCc2cccc3cccnc23)N1. The average molecular weight is 285 g/mol. The Hall–Kier alpha value is -1.55. The molecule has 3 nitrogen and oxygen atoms in total. The third-order valence-corrected chi connectivity index (χ3v) is 4.59. The minimum atomic E-state index is 0.584. The second kappa shape index (κ2) is 6.27. The van der Waals surface area contributed by atoms with Gasteiger partial charge in [0.2, 0.25) is 0 Å². The fourth-order valence-electron chi connectivity index (χ4n) is 2.44. The van der Waals surface area contributed by atoms with Gasteiger partial charge in [-0.25, -0.2) is 0 Å². The average Bonchev–Trinajstić information content (AvgIpc) is 2.53. The summed E-state index contributed by atoms with van der Waals surface area (Å²) in [5.74, 6) is 1.16. The van der Waals surface area contributed by atoms with E-state index in [1.54, 1.807) is 0 Å². The molecule has 0 aliphatic carbocycles. The van der Waals surface area contributed by atoms with Crippen LogP contribution in [0.1, 0.15) is 25.3 Å². The Kier molecular flexibility index (Phi) is 4.21. The largest absolute Gasteiger partial charge is 0.362 e. The number of para-hydroxylation sites is 1. The molecule has 1 fully saturated rings. The molecule has 0 radical (unpaired) electrons. The molecule has 1 aromatic heterocycles. The van der Waals surface area contributed by atoms with E-state index in [4.69, 9.17) is 4.99 Å². The Balaban J connectivity index is 1.79. The van der Waals surface area contributed by atoms with Crippen molar-refractivity contribution in [2.24, 2.45) is 4.99 Å². The van der Waals surface area contributed by atoms with E-state index in [1.165, 1.54) is 17.4 Å². The predicted octanol–water partition coefficient (Wildman–Crippen LogP) is 3.60. The summed E-state index contributed by atoms with van der Waals surface area (Å²) >= 11 is 1.83. The van der Waals surface area contributed by atoms with Crippen molar-refractivity contribution in [1.29, 1.82) is 0 Å². The van der Waals surface area contributed by atoms with E-state index in [1.807, 2.05) is 24.0 Å². The Morgan fingerprint density at radius 3 is 3.15 bits per heavy atom. The molecule has 0 bridgehead atoms. The highest BCUT2D eigenvalue weighted by Gasteiger charge is 2.15. The maximum atomic E-state index is 4.73. The maximum Gasteiger partial charge on any atom is 0.157 e. The number of hydrogen-bond donors (Lipinski definition) is 1. The van der Waals surface area contributed by atoms with Crippen LogP contribution in [0.5, 0.6) is 0 Å². The van der Waals surface area contributed by atoms with Gasteiger partial charge in [-0.05, 0) is 24.5 Å². The molecule has 4 heteroatoms. The van der Waals surface area contributed by atoms with Gasteiger partial charge in [0.05, 0.1) is 12.1 Å². The van der Waals surface area contributed by atoms with Crippen molar-refractivity contribution in [3.8, 4) is 0 Å². The van der Waals surface area contributed by atoms with Crippen LogP contribution in [0.3, 0.4) is 0 Å². The number of thioether (sulfide) groups is 1. The zero-order valence-electron chi connectivity index (χ0n) is 11.7. The third kappa shape index (κ3) is 2.96. The number of benzene rings is 1. The van der Waals surface area contributed by atoms with E-state index in [0.29, 0.717) is 12.6 Å². The molecule has 2 aromatic rings. The van der Waals surface area contributed by atoms with Gasteiger partial charge in [0, 0.05) is 23.4 Å². The van der Waals surface area contributed by atoms with Gasteiger partial charge < -0.3 is 5.32 Å². The molecule has 20 heavy (non-hydrogen) atoms. The lowest BCUT2D eigenvalue weighted by atomic mass is 10.1. The topological polar surface area (TPSA) is 37.3 Å². The van der Waals surface area contributed by atoms with Crippen LogP contribution in [-0.2, 0) is 6.54 Å². The highest BCUT2D eigenvalue weighted by atomic mass is 32.2. The Morgan fingerprint density at radius 1 is 1.35 bits per heavy atom. The molecular weight excluding hydrogens is 266 g/mol. The molecule has 2 heterocycles. The summed E-state index contributed by atoms with van der Waals surface area (Å²) in [5.41, 5.74) is 2.25. The molecule has 1 N–H and O–H groups in total. The quantitative estimate of drug-likeness (QED) is 0.936. The molecule has 0 amide bonds. The highest BCUT2D eigenvalue weighted by Crippen LogP contribution is 2.19. The standard InChI is InChI=1S/C16H19N3S/c1-2-14-8-10-20-16(19-14)18-11-13-6-3-5-12-7-4-9-17-15(12)13/h3-7,9,14H,2,8,10-11H2,1H3,(H,18,19). The van der Waals surface area contributed by atoms with Gasteiger partial charge >= 0.3 is 0 Å². The lowest BCUT2D eigenvalue weighted by molar-refractivity contribution is 0.570. The molecular formula is C16H19N3S. The Bertz CT molecular complexity index is 619. The van der Waals surface area contributed by atoms with Crippen molar-refractivity contribution in [2.75, 3.05) is 5.75 Å². The normalized spacial score (nSPS) is 21.1. The van der Waals surface area contributed by atoms with E-state index in [-0.39, 0.29) is 0 Å². The minimum Gasteiger partial charge on any atom is -0.362 e. The summed E-state index contributed by atoms with van der Waals surface area (Å²) in [5, 5.41) is 5.78. The smallest absolute Gasteiger partial charge is 0.157 e. The van der Waals surface area contributed by atoms with Crippen LogP contribution in [0.4, 0.5) is 0 Å². The van der Waals surface area contributed by atoms with E-state index in [9.17, 15) is 0 Å². The number of aliphatic imine (C=N–C) groups is 1. The molecule has 1 atom stereocenters. The van der Waals surface area contributed by atoms with Crippen molar-refractivity contribution in [2.45, 2.75) is 32.4 Å². The van der Waals surface area contributed by atoms with Crippen LogP contribution in [0.25, 0.3) is 10.9 Å². The zero-order valence-corrected chi connectivity index (χ0v) is 12.5. The van der Waals surface area contributed by atoms with Crippen LogP contribution in [-0.4, -0.2) is 21.9 Å². The van der Waals surface area contributed by atoms with Crippen LogP contribution in [0.2, 0.25) is 0 Å². The van der Waals surface area contributed by atoms with Crippen LogP contribution < -0.4 is 5.32 Å². The van der Waals surface area contributed by atoms with Crippen molar-refractivity contribution in [3.05, 3.63) is 42.1 Å². The van der Waals surface area contributed by atoms with Gasteiger partial charge in [0.1, 0.15) is 0 Å². The predicted molar refractivity (Wildman–Crippen MR) is 87.2 cm³/mol. The van der Waals surface area contributed by atoms with Crippen LogP contribution in [0, 0.1) is 0 Å². The molecule has 1 unspecified atom stereocenters. The molecule has 1 aromatic carbocycles. The summed E-state index contributed by atoms with van der Waals surface area (Å²) in [6, 6.07) is 10.9. The number of pyridine rings is 1. The van der Waals surface area contributed by atoms with Crippen molar-refractivity contribution >= 4 is 27.8 Å². The van der Waals surface area contributed by atoms with E-state index in [2.05, 4.69) is 41.5 Å². The van der Waals surface area contributed by atoms with E-state index < -0.39 is 0 Å². The highest BCUT2D eigenvalue weighted by molar-refractivity contribution is 8.13. The van der Waals surface area contributed by atoms with Gasteiger partial charge in [0.25, 0.3) is 0 Å². The van der Waals surface area contributed by atoms with Gasteiger partial charge in [-0.15, -0.1) is 0 Å². The summed E-state index contributed by atoms with van der Waals surface area (Å²) in [6.07, 6.45) is 4.24. The lowest BCUT2D eigenvalue weighted by Crippen LogP contribution is -2.37. The molecule has 1 aliphatic rings. The number of nitrogens with one attached hydrogen (secondary N) is 1. The number of fused-ring (bicyclic) bond motifs is 1. The summed E-state index contributed by atoms with van der Waals surface area (Å²) < 4.78 is 0. The summed E-state index contributed by atoms with van der Waals surface area (Å²) in [7, 11) is 0. The van der Waals surface area contributed by atoms with Crippen LogP contribution in [0.15, 0.2) is 41.5 Å². The van der Waals surface area contributed by atoms with E-state index in [0.717, 1.165) is 22.9 Å². The second-order valence-electron chi connectivity index (χ2n) is 5.00. The second-order valence-corrected chi connectivity index (χ2v) is 6.08. The van der Waals surface area contributed by atoms with Crippen LogP contribution >= 0.6 is 11.8 Å². The van der Waals surface area contributed by atoms with Gasteiger partial charge in [-0.1, -0.05) is 43.0 Å². The maximum absolute atomic E-state index is 4.73. The summed E-state index contributed by atoms with van der Waals surface area (Å²) in [6.45, 7) is 2.92. The van der Waals surface area contributed by atoms with E-state index >= 15 is 0 Å². The number of rotatable bonds is 3. The van der Waals surface area contributed by atoms with Crippen molar-refractivity contribution in [3.63, 3.8) is 0 Å². The number of nitrogens with zero attached hydrogens (tertiary/aromatic N) is 2.